The van der Waals surface area contributed by atoms with E-state index in [0.29, 0.717) is 37.3 Å². The van der Waals surface area contributed by atoms with Crippen molar-refractivity contribution in [3.05, 3.63) is 59.2 Å². The number of hydrogen-bond acceptors (Lipinski definition) is 5. The van der Waals surface area contributed by atoms with Crippen molar-refractivity contribution in [3.63, 3.8) is 0 Å². The van der Waals surface area contributed by atoms with Crippen molar-refractivity contribution in [2.24, 2.45) is 0 Å². The number of hydrogen-bond donors (Lipinski definition) is 2. The molecule has 0 saturated carbocycles. The Morgan fingerprint density at radius 1 is 1.07 bits per heavy atom. The second kappa shape index (κ2) is 8.22. The number of imide groups is 1. The molecule has 4 rings (SSSR count). The summed E-state index contributed by atoms with van der Waals surface area (Å²) < 4.78 is 11.1. The van der Waals surface area contributed by atoms with E-state index in [2.05, 4.69) is 10.6 Å². The van der Waals surface area contributed by atoms with Gasteiger partial charge >= 0.3 is 6.03 Å². The van der Waals surface area contributed by atoms with E-state index in [0.717, 1.165) is 22.0 Å². The van der Waals surface area contributed by atoms with Gasteiger partial charge in [-0.1, -0.05) is 24.3 Å². The number of amides is 4. The van der Waals surface area contributed by atoms with E-state index in [1.165, 1.54) is 0 Å². The summed E-state index contributed by atoms with van der Waals surface area (Å²) in [5.74, 6) is 0.909. The Hall–Kier alpha value is -3.55. The maximum absolute atomic E-state index is 12.7. The minimum Gasteiger partial charge on any atom is -0.486 e. The Balaban J connectivity index is 1.38. The van der Waals surface area contributed by atoms with Gasteiger partial charge in [-0.2, -0.15) is 0 Å². The van der Waals surface area contributed by atoms with Gasteiger partial charge in [0.2, 0.25) is 5.91 Å². The van der Waals surface area contributed by atoms with E-state index in [-0.39, 0.29) is 24.9 Å². The third-order valence-corrected chi connectivity index (χ3v) is 4.83. The summed E-state index contributed by atoms with van der Waals surface area (Å²) in [4.78, 5) is 37.4. The molecule has 0 bridgehead atoms. The van der Waals surface area contributed by atoms with Crippen LogP contribution in [-0.2, 0) is 17.8 Å². The van der Waals surface area contributed by atoms with Gasteiger partial charge in [-0.25, -0.2) is 4.79 Å². The maximum Gasteiger partial charge on any atom is 0.324 e. The second-order valence-electron chi connectivity index (χ2n) is 6.78. The molecule has 2 aromatic carbocycles. The molecule has 150 valence electrons. The molecule has 2 aliphatic heterocycles. The molecule has 2 heterocycles. The summed E-state index contributed by atoms with van der Waals surface area (Å²) in [6.45, 7) is 1.57. The summed E-state index contributed by atoms with van der Waals surface area (Å²) in [5.41, 5.74) is 2.10. The van der Waals surface area contributed by atoms with Gasteiger partial charge in [0.15, 0.2) is 11.5 Å². The van der Waals surface area contributed by atoms with Crippen molar-refractivity contribution in [2.45, 2.75) is 13.0 Å². The Morgan fingerprint density at radius 2 is 1.86 bits per heavy atom. The van der Waals surface area contributed by atoms with E-state index in [9.17, 15) is 14.4 Å². The van der Waals surface area contributed by atoms with E-state index in [1.54, 1.807) is 24.3 Å². The zero-order valence-corrected chi connectivity index (χ0v) is 15.8. The molecular weight excluding hydrogens is 374 g/mol. The fourth-order valence-electron chi connectivity index (χ4n) is 3.32. The van der Waals surface area contributed by atoms with Crippen LogP contribution >= 0.6 is 0 Å². The monoisotopic (exact) mass is 395 g/mol. The lowest BCUT2D eigenvalue weighted by Gasteiger charge is -2.19. The standard InChI is InChI=1S/C21H21N3O5/c25-19-12-23-21(27)24(19)13-15-3-1-2-4-16(15)20(26)22-8-7-14-5-6-17-18(11-14)29-10-9-28-17/h1-6,11H,7-10,12-13H2,(H,22,26)(H,23,27). The molecule has 0 atom stereocenters. The minimum absolute atomic E-state index is 0.0112. The number of ether oxygens (including phenoxy) is 2. The van der Waals surface area contributed by atoms with E-state index >= 15 is 0 Å². The normalized spacial score (nSPS) is 15.2. The topological polar surface area (TPSA) is 97.0 Å². The summed E-state index contributed by atoms with van der Waals surface area (Å²) in [7, 11) is 0. The summed E-state index contributed by atoms with van der Waals surface area (Å²) in [6.07, 6.45) is 0.636. The van der Waals surface area contributed by atoms with E-state index in [1.807, 2.05) is 18.2 Å². The van der Waals surface area contributed by atoms with Gasteiger partial charge in [0.25, 0.3) is 5.91 Å². The average Bonchev–Trinajstić information content (AvgIpc) is 3.06. The second-order valence-corrected chi connectivity index (χ2v) is 6.78. The predicted molar refractivity (Wildman–Crippen MR) is 104 cm³/mol. The third-order valence-electron chi connectivity index (χ3n) is 4.83. The molecule has 2 aromatic rings. The number of fused-ring (bicyclic) bond motifs is 1. The van der Waals surface area contributed by atoms with Crippen LogP contribution in [0.15, 0.2) is 42.5 Å². The quantitative estimate of drug-likeness (QED) is 0.723. The first-order chi connectivity index (χ1) is 14.1. The van der Waals surface area contributed by atoms with Crippen molar-refractivity contribution in [2.75, 3.05) is 26.3 Å². The van der Waals surface area contributed by atoms with Crippen LogP contribution < -0.4 is 20.1 Å². The van der Waals surface area contributed by atoms with Gasteiger partial charge in [0.05, 0.1) is 13.1 Å². The van der Waals surface area contributed by atoms with Crippen LogP contribution in [0.4, 0.5) is 4.79 Å². The Labute approximate surface area is 167 Å². The van der Waals surface area contributed by atoms with Crippen molar-refractivity contribution >= 4 is 17.8 Å². The van der Waals surface area contributed by atoms with Gasteiger partial charge in [-0.05, 0) is 35.7 Å². The Morgan fingerprint density at radius 3 is 2.66 bits per heavy atom. The molecule has 0 unspecified atom stereocenters. The summed E-state index contributed by atoms with van der Waals surface area (Å²) in [6, 6.07) is 12.3. The number of urea groups is 1. The van der Waals surface area contributed by atoms with Crippen molar-refractivity contribution < 1.29 is 23.9 Å². The van der Waals surface area contributed by atoms with Crippen LogP contribution in [0.3, 0.4) is 0 Å². The third kappa shape index (κ3) is 4.16. The van der Waals surface area contributed by atoms with Crippen LogP contribution in [0, 0.1) is 0 Å². The largest absolute Gasteiger partial charge is 0.486 e. The first-order valence-corrected chi connectivity index (χ1v) is 9.44. The van der Waals surface area contributed by atoms with Crippen LogP contribution in [0.25, 0.3) is 0 Å². The van der Waals surface area contributed by atoms with E-state index in [4.69, 9.17) is 9.47 Å². The molecule has 1 saturated heterocycles. The van der Waals surface area contributed by atoms with Gasteiger partial charge < -0.3 is 20.1 Å². The number of carbonyl (C=O) groups excluding carboxylic acids is 3. The van der Waals surface area contributed by atoms with Gasteiger partial charge in [0, 0.05) is 12.1 Å². The van der Waals surface area contributed by atoms with E-state index < -0.39 is 6.03 Å². The lowest BCUT2D eigenvalue weighted by molar-refractivity contribution is -0.125. The zero-order chi connectivity index (χ0) is 20.2. The molecule has 4 amide bonds. The highest BCUT2D eigenvalue weighted by atomic mass is 16.6. The molecule has 2 aliphatic rings. The molecule has 0 aliphatic carbocycles. The van der Waals surface area contributed by atoms with Crippen LogP contribution in [0.1, 0.15) is 21.5 Å². The number of nitrogens with one attached hydrogen (secondary N) is 2. The predicted octanol–water partition coefficient (Wildman–Crippen LogP) is 1.48. The van der Waals surface area contributed by atoms with Crippen molar-refractivity contribution in [1.82, 2.24) is 15.5 Å². The molecule has 1 fully saturated rings. The number of benzene rings is 2. The molecule has 0 aromatic heterocycles. The summed E-state index contributed by atoms with van der Waals surface area (Å²) in [5, 5.41) is 5.38. The molecule has 0 radical (unpaired) electrons. The number of carbonyl (C=O) groups is 3. The molecule has 8 heteroatoms. The minimum atomic E-state index is -0.441. The summed E-state index contributed by atoms with van der Waals surface area (Å²) >= 11 is 0. The smallest absolute Gasteiger partial charge is 0.324 e. The first-order valence-electron chi connectivity index (χ1n) is 9.44. The fourth-order valence-corrected chi connectivity index (χ4v) is 3.32. The molecule has 2 N–H and O–H groups in total. The molecule has 8 nitrogen and oxygen atoms in total. The van der Waals surface area contributed by atoms with Gasteiger partial charge in [-0.3, -0.25) is 14.5 Å². The van der Waals surface area contributed by atoms with Crippen molar-refractivity contribution in [1.29, 1.82) is 0 Å². The zero-order valence-electron chi connectivity index (χ0n) is 15.8. The average molecular weight is 395 g/mol. The molecular formula is C21H21N3O5. The Bertz CT molecular complexity index is 943. The molecule has 0 spiro atoms. The maximum atomic E-state index is 12.7. The van der Waals surface area contributed by atoms with Gasteiger partial charge in [0.1, 0.15) is 13.2 Å². The Kier molecular flexibility index (Phi) is 5.33. The highest BCUT2D eigenvalue weighted by molar-refractivity contribution is 6.02. The lowest BCUT2D eigenvalue weighted by atomic mass is 10.1. The lowest BCUT2D eigenvalue weighted by Crippen LogP contribution is -2.32. The van der Waals surface area contributed by atoms with Crippen LogP contribution in [0.5, 0.6) is 11.5 Å². The number of rotatable bonds is 6. The number of nitrogens with zero attached hydrogens (tertiary/aromatic N) is 1. The molecule has 29 heavy (non-hydrogen) atoms. The van der Waals surface area contributed by atoms with Crippen LogP contribution in [0.2, 0.25) is 0 Å². The SMILES string of the molecule is O=C(NCCc1ccc2c(c1)OCCO2)c1ccccc1CN1C(=O)CNC1=O. The highest BCUT2D eigenvalue weighted by Crippen LogP contribution is 2.30. The highest BCUT2D eigenvalue weighted by Gasteiger charge is 2.29. The van der Waals surface area contributed by atoms with Gasteiger partial charge in [-0.15, -0.1) is 0 Å². The van der Waals surface area contributed by atoms with Crippen molar-refractivity contribution in [3.8, 4) is 11.5 Å². The fraction of sp³-hybridized carbons (Fsp3) is 0.286. The first kappa shape index (κ1) is 18.8. The van der Waals surface area contributed by atoms with Crippen LogP contribution in [-0.4, -0.2) is 49.0 Å².